The van der Waals surface area contributed by atoms with Gasteiger partial charge in [-0.25, -0.2) is 0 Å². The first-order chi connectivity index (χ1) is 12.5. The lowest BCUT2D eigenvalue weighted by Gasteiger charge is -2.14. The molecule has 0 aromatic heterocycles. The molecule has 0 spiro atoms. The fourth-order valence-electron chi connectivity index (χ4n) is 3.30. The van der Waals surface area contributed by atoms with E-state index in [0.717, 1.165) is 42.3 Å². The van der Waals surface area contributed by atoms with Gasteiger partial charge in [0.15, 0.2) is 5.78 Å². The Hall–Kier alpha value is -1.29. The van der Waals surface area contributed by atoms with Gasteiger partial charge >= 0.3 is 0 Å². The van der Waals surface area contributed by atoms with Crippen LogP contribution in [0.1, 0.15) is 47.3 Å². The van der Waals surface area contributed by atoms with Crippen LogP contribution in [0, 0.1) is 5.92 Å². The summed E-state index contributed by atoms with van der Waals surface area (Å²) in [5.41, 5.74) is 4.84. The molecule has 1 aliphatic heterocycles. The Morgan fingerprint density at radius 1 is 1.12 bits per heavy atom. The zero-order valence-corrected chi connectivity index (χ0v) is 17.1. The van der Waals surface area contributed by atoms with Crippen molar-refractivity contribution in [1.82, 2.24) is 5.32 Å². The second kappa shape index (κ2) is 9.07. The van der Waals surface area contributed by atoms with E-state index in [-0.39, 0.29) is 5.78 Å². The van der Waals surface area contributed by atoms with Crippen LogP contribution in [0.5, 0.6) is 0 Å². The topological polar surface area (TPSA) is 29.1 Å². The van der Waals surface area contributed by atoms with E-state index in [0.29, 0.717) is 12.3 Å². The summed E-state index contributed by atoms with van der Waals surface area (Å²) in [7, 11) is 0. The van der Waals surface area contributed by atoms with E-state index in [1.807, 2.05) is 18.2 Å². The number of carbonyl (C=O) groups excluding carboxylic acids is 1. The molecule has 0 amide bonds. The number of nitrogens with one attached hydrogen (secondary N) is 1. The van der Waals surface area contributed by atoms with Crippen LogP contribution in [-0.2, 0) is 18.6 Å². The minimum atomic E-state index is 0.225. The smallest absolute Gasteiger partial charge is 0.163 e. The van der Waals surface area contributed by atoms with Crippen LogP contribution in [0.2, 0.25) is 5.02 Å². The SMILES string of the molecule is CC(C)CC(=O)c1ccc(CSc2c(Cl)ccc3c2CCNCC3)cc1. The molecule has 0 fully saturated rings. The molecule has 138 valence electrons. The molecule has 0 atom stereocenters. The molecular formula is C22H26ClNOS. The Bertz CT molecular complexity index is 770. The molecule has 0 unspecified atom stereocenters. The highest BCUT2D eigenvalue weighted by Crippen LogP contribution is 2.36. The zero-order valence-electron chi connectivity index (χ0n) is 15.5. The van der Waals surface area contributed by atoms with Crippen molar-refractivity contribution in [2.45, 2.75) is 43.8 Å². The standard InChI is InChI=1S/C22H26ClNOS/c1-15(2)13-21(25)18-5-3-16(4-6-18)14-26-22-19-10-12-24-11-9-17(19)7-8-20(22)23/h3-8,15,24H,9-14H2,1-2H3. The number of halogens is 1. The maximum absolute atomic E-state index is 12.2. The number of hydrogen-bond acceptors (Lipinski definition) is 3. The Morgan fingerprint density at radius 3 is 2.58 bits per heavy atom. The van der Waals surface area contributed by atoms with Gasteiger partial charge in [-0.05, 0) is 54.6 Å². The number of Topliss-reactive ketones (excluding diaryl/α,β-unsaturated/α-hetero) is 1. The van der Waals surface area contributed by atoms with E-state index in [1.165, 1.54) is 21.6 Å². The van der Waals surface area contributed by atoms with Crippen molar-refractivity contribution in [1.29, 1.82) is 0 Å². The quantitative estimate of drug-likeness (QED) is 0.520. The third-order valence-electron chi connectivity index (χ3n) is 4.69. The molecule has 0 saturated heterocycles. The third kappa shape index (κ3) is 4.91. The predicted octanol–water partition coefficient (Wildman–Crippen LogP) is 5.55. The normalized spacial score (nSPS) is 14.2. The van der Waals surface area contributed by atoms with E-state index in [1.54, 1.807) is 11.8 Å². The molecule has 1 aliphatic rings. The van der Waals surface area contributed by atoms with E-state index in [9.17, 15) is 4.79 Å². The van der Waals surface area contributed by atoms with Gasteiger partial charge in [0.25, 0.3) is 0 Å². The Morgan fingerprint density at radius 2 is 1.85 bits per heavy atom. The second-order valence-corrected chi connectivity index (χ2v) is 8.66. The van der Waals surface area contributed by atoms with Crippen LogP contribution in [0.25, 0.3) is 0 Å². The van der Waals surface area contributed by atoms with Crippen molar-refractivity contribution in [3.63, 3.8) is 0 Å². The molecule has 2 aromatic rings. The number of carbonyl (C=O) groups is 1. The van der Waals surface area contributed by atoms with Crippen LogP contribution < -0.4 is 5.32 Å². The molecular weight excluding hydrogens is 362 g/mol. The van der Waals surface area contributed by atoms with Crippen LogP contribution in [0.3, 0.4) is 0 Å². The molecule has 2 aromatic carbocycles. The maximum Gasteiger partial charge on any atom is 0.163 e. The summed E-state index contributed by atoms with van der Waals surface area (Å²) >= 11 is 8.31. The van der Waals surface area contributed by atoms with Crippen molar-refractivity contribution in [2.75, 3.05) is 13.1 Å². The van der Waals surface area contributed by atoms with Gasteiger partial charge in [-0.3, -0.25) is 4.79 Å². The molecule has 3 rings (SSSR count). The Labute approximate surface area is 165 Å². The summed E-state index contributed by atoms with van der Waals surface area (Å²) in [6.07, 6.45) is 2.70. The molecule has 0 radical (unpaired) electrons. The third-order valence-corrected chi connectivity index (χ3v) is 6.34. The highest BCUT2D eigenvalue weighted by molar-refractivity contribution is 7.98. The lowest BCUT2D eigenvalue weighted by atomic mass is 10.0. The largest absolute Gasteiger partial charge is 0.316 e. The summed E-state index contributed by atoms with van der Waals surface area (Å²) in [4.78, 5) is 13.4. The summed E-state index contributed by atoms with van der Waals surface area (Å²) in [5.74, 6) is 1.48. The van der Waals surface area contributed by atoms with Crippen molar-refractivity contribution in [3.05, 3.63) is 63.7 Å². The van der Waals surface area contributed by atoms with Crippen LogP contribution in [-0.4, -0.2) is 18.9 Å². The fourth-order valence-corrected chi connectivity index (χ4v) is 4.75. The summed E-state index contributed by atoms with van der Waals surface area (Å²) < 4.78 is 0. The zero-order chi connectivity index (χ0) is 18.5. The molecule has 1 N–H and O–H groups in total. The van der Waals surface area contributed by atoms with Gasteiger partial charge in [-0.1, -0.05) is 55.8 Å². The van der Waals surface area contributed by atoms with Gasteiger partial charge in [-0.15, -0.1) is 11.8 Å². The Kier molecular flexibility index (Phi) is 6.80. The number of ketones is 1. The molecule has 26 heavy (non-hydrogen) atoms. The molecule has 4 heteroatoms. The Balaban J connectivity index is 1.70. The monoisotopic (exact) mass is 387 g/mol. The van der Waals surface area contributed by atoms with Crippen molar-refractivity contribution >= 4 is 29.1 Å². The molecule has 0 aliphatic carbocycles. The second-order valence-electron chi connectivity index (χ2n) is 7.27. The van der Waals surface area contributed by atoms with Gasteiger partial charge in [0.1, 0.15) is 0 Å². The van der Waals surface area contributed by atoms with Gasteiger partial charge in [0, 0.05) is 22.6 Å². The average Bonchev–Trinajstić information content (AvgIpc) is 2.86. The van der Waals surface area contributed by atoms with Crippen molar-refractivity contribution in [2.24, 2.45) is 5.92 Å². The van der Waals surface area contributed by atoms with Crippen molar-refractivity contribution in [3.8, 4) is 0 Å². The average molecular weight is 388 g/mol. The number of thioether (sulfide) groups is 1. The van der Waals surface area contributed by atoms with E-state index in [2.05, 4.69) is 37.4 Å². The van der Waals surface area contributed by atoms with E-state index < -0.39 is 0 Å². The first-order valence-corrected chi connectivity index (χ1v) is 10.7. The minimum Gasteiger partial charge on any atom is -0.316 e. The molecule has 1 heterocycles. The van der Waals surface area contributed by atoms with Gasteiger partial charge < -0.3 is 5.32 Å². The maximum atomic E-state index is 12.2. The fraction of sp³-hybridized carbons (Fsp3) is 0.409. The lowest BCUT2D eigenvalue weighted by molar-refractivity contribution is 0.0968. The lowest BCUT2D eigenvalue weighted by Crippen LogP contribution is -2.16. The van der Waals surface area contributed by atoms with E-state index >= 15 is 0 Å². The number of benzene rings is 2. The number of hydrogen-bond donors (Lipinski definition) is 1. The summed E-state index contributed by atoms with van der Waals surface area (Å²) in [6.45, 7) is 6.19. The number of fused-ring (bicyclic) bond motifs is 1. The summed E-state index contributed by atoms with van der Waals surface area (Å²) in [5, 5.41) is 4.31. The summed E-state index contributed by atoms with van der Waals surface area (Å²) in [6, 6.07) is 12.2. The van der Waals surface area contributed by atoms with Crippen LogP contribution >= 0.6 is 23.4 Å². The van der Waals surface area contributed by atoms with Gasteiger partial charge in [0.2, 0.25) is 0 Å². The molecule has 2 nitrogen and oxygen atoms in total. The van der Waals surface area contributed by atoms with Crippen LogP contribution in [0.15, 0.2) is 41.3 Å². The minimum absolute atomic E-state index is 0.225. The van der Waals surface area contributed by atoms with Crippen LogP contribution in [0.4, 0.5) is 0 Å². The first-order valence-electron chi connectivity index (χ1n) is 9.30. The highest BCUT2D eigenvalue weighted by Gasteiger charge is 2.15. The van der Waals surface area contributed by atoms with Gasteiger partial charge in [0.05, 0.1) is 5.02 Å². The highest BCUT2D eigenvalue weighted by atomic mass is 35.5. The van der Waals surface area contributed by atoms with Crippen molar-refractivity contribution < 1.29 is 4.79 Å². The molecule has 0 bridgehead atoms. The van der Waals surface area contributed by atoms with E-state index in [4.69, 9.17) is 11.6 Å². The predicted molar refractivity (Wildman–Crippen MR) is 112 cm³/mol. The first kappa shape index (κ1) is 19.5. The molecule has 0 saturated carbocycles. The van der Waals surface area contributed by atoms with Gasteiger partial charge in [-0.2, -0.15) is 0 Å². The number of rotatable bonds is 6.